The number of aromatic nitrogens is 2. The second kappa shape index (κ2) is 7.82. The second-order valence-electron chi connectivity index (χ2n) is 7.17. The van der Waals surface area contributed by atoms with Gasteiger partial charge in [0.15, 0.2) is 5.69 Å². The molecule has 0 atom stereocenters. The first-order chi connectivity index (χ1) is 13.6. The topological polar surface area (TPSA) is 90.1 Å². The monoisotopic (exact) mass is 377 g/mol. The number of H-pyrrole nitrogens is 1. The number of hydrogen-bond acceptors (Lipinski definition) is 5. The highest BCUT2D eigenvalue weighted by Gasteiger charge is 2.19. The molecule has 3 aromatic rings. The molecule has 3 N–H and O–H groups in total. The summed E-state index contributed by atoms with van der Waals surface area (Å²) in [6.45, 7) is 2.11. The van der Waals surface area contributed by atoms with E-state index < -0.39 is 0 Å². The first-order valence-corrected chi connectivity index (χ1v) is 9.45. The molecule has 0 aliphatic carbocycles. The maximum Gasteiger partial charge on any atom is 0.276 e. The minimum absolute atomic E-state index is 0.198. The van der Waals surface area contributed by atoms with Crippen molar-refractivity contribution in [1.29, 1.82) is 0 Å². The van der Waals surface area contributed by atoms with Gasteiger partial charge < -0.3 is 15.5 Å². The molecule has 1 aromatic heterocycles. The summed E-state index contributed by atoms with van der Waals surface area (Å²) in [7, 11) is 2.13. The lowest BCUT2D eigenvalue weighted by atomic mass is 10.0. The molecule has 1 amide bonds. The van der Waals surface area contributed by atoms with E-state index in [1.54, 1.807) is 24.3 Å². The number of carbonyl (C=O) groups excluding carboxylic acids is 1. The highest BCUT2D eigenvalue weighted by atomic mass is 16.2. The van der Waals surface area contributed by atoms with Gasteiger partial charge in [-0.25, -0.2) is 5.10 Å². The summed E-state index contributed by atoms with van der Waals surface area (Å²) in [4.78, 5) is 27.2. The standard InChI is InChI=1S/C21H23N5O2/c1-26-12-10-14(11-13-26)22-17-8-4-5-9-18(17)23-21(28)19-15-6-2-3-7-16(15)20(27)25-24-19/h2-9,14,22H,10-13H2,1H3,(H,23,28)(H,25,27). The Morgan fingerprint density at radius 1 is 1.04 bits per heavy atom. The largest absolute Gasteiger partial charge is 0.381 e. The average molecular weight is 377 g/mol. The quantitative estimate of drug-likeness (QED) is 0.650. The van der Waals surface area contributed by atoms with E-state index in [4.69, 9.17) is 0 Å². The maximum atomic E-state index is 12.9. The van der Waals surface area contributed by atoms with Crippen molar-refractivity contribution in [2.24, 2.45) is 0 Å². The van der Waals surface area contributed by atoms with Crippen LogP contribution in [0.2, 0.25) is 0 Å². The molecule has 0 unspecified atom stereocenters. The van der Waals surface area contributed by atoms with E-state index in [1.807, 2.05) is 24.3 Å². The van der Waals surface area contributed by atoms with Crippen molar-refractivity contribution in [3.05, 3.63) is 64.6 Å². The summed E-state index contributed by atoms with van der Waals surface area (Å²) in [5, 5.41) is 13.9. The predicted molar refractivity (Wildman–Crippen MR) is 111 cm³/mol. The van der Waals surface area contributed by atoms with Crippen LogP contribution in [0.5, 0.6) is 0 Å². The second-order valence-corrected chi connectivity index (χ2v) is 7.17. The number of fused-ring (bicyclic) bond motifs is 1. The van der Waals surface area contributed by atoms with Gasteiger partial charge in [0.25, 0.3) is 11.5 Å². The lowest BCUT2D eigenvalue weighted by Gasteiger charge is -2.30. The van der Waals surface area contributed by atoms with Gasteiger partial charge in [0.05, 0.1) is 16.8 Å². The average Bonchev–Trinajstić information content (AvgIpc) is 2.71. The zero-order valence-corrected chi connectivity index (χ0v) is 15.7. The number of rotatable bonds is 4. The Bertz CT molecular complexity index is 1050. The molecule has 0 bridgehead atoms. The van der Waals surface area contributed by atoms with Gasteiger partial charge >= 0.3 is 0 Å². The number of carbonyl (C=O) groups is 1. The third-order valence-corrected chi connectivity index (χ3v) is 5.16. The molecule has 1 aliphatic rings. The van der Waals surface area contributed by atoms with Crippen LogP contribution in [0, 0.1) is 0 Å². The van der Waals surface area contributed by atoms with E-state index in [-0.39, 0.29) is 17.2 Å². The SMILES string of the molecule is CN1CCC(Nc2ccccc2NC(=O)c2n[nH]c(=O)c3ccccc23)CC1. The van der Waals surface area contributed by atoms with Gasteiger partial charge in [-0.05, 0) is 51.2 Å². The molecular weight excluding hydrogens is 354 g/mol. The summed E-state index contributed by atoms with van der Waals surface area (Å²) in [5.41, 5.74) is 1.48. The van der Waals surface area contributed by atoms with Crippen molar-refractivity contribution in [1.82, 2.24) is 15.1 Å². The van der Waals surface area contributed by atoms with E-state index in [0.717, 1.165) is 31.6 Å². The van der Waals surface area contributed by atoms with Crippen molar-refractivity contribution in [2.45, 2.75) is 18.9 Å². The number of nitrogens with zero attached hydrogens (tertiary/aromatic N) is 2. The molecule has 144 valence electrons. The summed E-state index contributed by atoms with van der Waals surface area (Å²) < 4.78 is 0. The molecule has 1 fully saturated rings. The molecule has 2 aromatic carbocycles. The Morgan fingerprint density at radius 2 is 1.68 bits per heavy atom. The van der Waals surface area contributed by atoms with Crippen LogP contribution in [0.15, 0.2) is 53.3 Å². The molecule has 0 saturated carbocycles. The Kier molecular flexibility index (Phi) is 5.08. The van der Waals surface area contributed by atoms with Crippen LogP contribution in [0.1, 0.15) is 23.3 Å². The number of anilines is 2. The Labute approximate surface area is 162 Å². The molecule has 7 heteroatoms. The maximum absolute atomic E-state index is 12.9. The zero-order valence-electron chi connectivity index (χ0n) is 15.7. The number of nitrogens with one attached hydrogen (secondary N) is 3. The van der Waals surface area contributed by atoms with Crippen molar-refractivity contribution in [2.75, 3.05) is 30.8 Å². The van der Waals surface area contributed by atoms with Gasteiger partial charge in [-0.2, -0.15) is 5.10 Å². The van der Waals surface area contributed by atoms with E-state index in [9.17, 15) is 9.59 Å². The number of amides is 1. The van der Waals surface area contributed by atoms with E-state index in [0.29, 0.717) is 22.5 Å². The molecule has 7 nitrogen and oxygen atoms in total. The van der Waals surface area contributed by atoms with Crippen LogP contribution in [0.4, 0.5) is 11.4 Å². The smallest absolute Gasteiger partial charge is 0.276 e. The Morgan fingerprint density at radius 3 is 2.43 bits per heavy atom. The highest BCUT2D eigenvalue weighted by molar-refractivity contribution is 6.12. The molecule has 2 heterocycles. The Hall–Kier alpha value is -3.19. The highest BCUT2D eigenvalue weighted by Crippen LogP contribution is 2.25. The normalized spacial score (nSPS) is 15.5. The predicted octanol–water partition coefficient (Wildman–Crippen LogP) is 2.68. The number of piperidine rings is 1. The van der Waals surface area contributed by atoms with Crippen LogP contribution in [-0.2, 0) is 0 Å². The lowest BCUT2D eigenvalue weighted by Crippen LogP contribution is -2.36. The van der Waals surface area contributed by atoms with Gasteiger partial charge in [0.2, 0.25) is 0 Å². The van der Waals surface area contributed by atoms with Crippen molar-refractivity contribution >= 4 is 28.1 Å². The van der Waals surface area contributed by atoms with Crippen molar-refractivity contribution < 1.29 is 4.79 Å². The van der Waals surface area contributed by atoms with Gasteiger partial charge in [-0.3, -0.25) is 9.59 Å². The Balaban J connectivity index is 1.58. The number of para-hydroxylation sites is 2. The molecule has 28 heavy (non-hydrogen) atoms. The van der Waals surface area contributed by atoms with Gasteiger partial charge in [-0.15, -0.1) is 0 Å². The van der Waals surface area contributed by atoms with Gasteiger partial charge in [0, 0.05) is 11.4 Å². The first-order valence-electron chi connectivity index (χ1n) is 9.45. The first kappa shape index (κ1) is 18.2. The fourth-order valence-electron chi connectivity index (χ4n) is 3.56. The number of likely N-dealkylation sites (tertiary alicyclic amines) is 1. The molecule has 1 aliphatic heterocycles. The number of benzene rings is 2. The summed E-state index contributed by atoms with van der Waals surface area (Å²) >= 11 is 0. The molecule has 4 rings (SSSR count). The van der Waals surface area contributed by atoms with E-state index in [2.05, 4.69) is 32.8 Å². The third-order valence-electron chi connectivity index (χ3n) is 5.16. The van der Waals surface area contributed by atoms with Gasteiger partial charge in [-0.1, -0.05) is 30.3 Å². The number of aromatic amines is 1. The van der Waals surface area contributed by atoms with Crippen LogP contribution in [0.3, 0.4) is 0 Å². The van der Waals surface area contributed by atoms with Crippen molar-refractivity contribution in [3.63, 3.8) is 0 Å². The summed E-state index contributed by atoms with van der Waals surface area (Å²) in [6.07, 6.45) is 2.12. The van der Waals surface area contributed by atoms with Crippen LogP contribution >= 0.6 is 0 Å². The van der Waals surface area contributed by atoms with Crippen LogP contribution in [0.25, 0.3) is 10.8 Å². The fourth-order valence-corrected chi connectivity index (χ4v) is 3.56. The fraction of sp³-hybridized carbons (Fsp3) is 0.286. The van der Waals surface area contributed by atoms with Crippen molar-refractivity contribution in [3.8, 4) is 0 Å². The molecule has 0 radical (unpaired) electrons. The minimum atomic E-state index is -0.356. The zero-order chi connectivity index (χ0) is 19.5. The van der Waals surface area contributed by atoms with Crippen LogP contribution < -0.4 is 16.2 Å². The number of hydrogen-bond donors (Lipinski definition) is 3. The summed E-state index contributed by atoms with van der Waals surface area (Å²) in [5.74, 6) is -0.356. The van der Waals surface area contributed by atoms with E-state index in [1.165, 1.54) is 0 Å². The molecular formula is C21H23N5O2. The third kappa shape index (κ3) is 3.75. The minimum Gasteiger partial charge on any atom is -0.381 e. The lowest BCUT2D eigenvalue weighted by molar-refractivity contribution is 0.102. The molecule has 1 saturated heterocycles. The van der Waals surface area contributed by atoms with Gasteiger partial charge in [0.1, 0.15) is 0 Å². The van der Waals surface area contributed by atoms with Crippen LogP contribution in [-0.4, -0.2) is 47.2 Å². The van der Waals surface area contributed by atoms with E-state index >= 15 is 0 Å². The molecule has 0 spiro atoms. The summed E-state index contributed by atoms with van der Waals surface area (Å²) in [6, 6.07) is 15.0.